The van der Waals surface area contributed by atoms with Crippen LogP contribution in [0, 0.1) is 5.82 Å². The Labute approximate surface area is 94.8 Å². The lowest BCUT2D eigenvalue weighted by atomic mass is 10.1. The zero-order valence-corrected chi connectivity index (χ0v) is 9.53. The van der Waals surface area contributed by atoms with Crippen molar-refractivity contribution in [2.75, 3.05) is 0 Å². The molecule has 2 atom stereocenters. The predicted molar refractivity (Wildman–Crippen MR) is 61.4 cm³/mol. The minimum atomic E-state index is -0.504. The van der Waals surface area contributed by atoms with E-state index in [1.165, 1.54) is 12.1 Å². The van der Waals surface area contributed by atoms with E-state index in [0.29, 0.717) is 6.42 Å². The molecule has 1 rings (SSSR count). The highest BCUT2D eigenvalue weighted by atomic mass is 19.1. The van der Waals surface area contributed by atoms with Gasteiger partial charge in [0, 0.05) is 6.04 Å². The molecule has 0 fully saturated rings. The first-order valence-electron chi connectivity index (χ1n) is 5.29. The number of benzene rings is 1. The molecular formula is C12H17FN2O. The van der Waals surface area contributed by atoms with Crippen molar-refractivity contribution in [3.05, 3.63) is 35.6 Å². The lowest BCUT2D eigenvalue weighted by Gasteiger charge is -2.15. The van der Waals surface area contributed by atoms with Gasteiger partial charge in [-0.1, -0.05) is 12.1 Å². The lowest BCUT2D eigenvalue weighted by Crippen LogP contribution is -2.43. The summed E-state index contributed by atoms with van der Waals surface area (Å²) in [6.45, 7) is 3.53. The standard InChI is InChI=1S/C12H17FN2O/c1-8(15-12(16)9(2)14)7-10-3-5-11(13)6-4-10/h3-6,8-9H,7,14H2,1-2H3,(H,15,16). The van der Waals surface area contributed by atoms with E-state index in [1.54, 1.807) is 19.1 Å². The Hall–Kier alpha value is -1.42. The number of nitrogens with two attached hydrogens (primary N) is 1. The van der Waals surface area contributed by atoms with Crippen LogP contribution in [0.3, 0.4) is 0 Å². The molecule has 1 aromatic carbocycles. The molecule has 88 valence electrons. The summed E-state index contributed by atoms with van der Waals surface area (Å²) in [6.07, 6.45) is 0.665. The summed E-state index contributed by atoms with van der Waals surface area (Å²) < 4.78 is 12.7. The van der Waals surface area contributed by atoms with Gasteiger partial charge in [-0.15, -0.1) is 0 Å². The summed E-state index contributed by atoms with van der Waals surface area (Å²) >= 11 is 0. The summed E-state index contributed by atoms with van der Waals surface area (Å²) in [6, 6.07) is 5.73. The van der Waals surface area contributed by atoms with E-state index in [-0.39, 0.29) is 17.8 Å². The fourth-order valence-corrected chi connectivity index (χ4v) is 1.40. The molecule has 1 aromatic rings. The lowest BCUT2D eigenvalue weighted by molar-refractivity contribution is -0.122. The van der Waals surface area contributed by atoms with Crippen molar-refractivity contribution in [3.8, 4) is 0 Å². The minimum absolute atomic E-state index is 0.0102. The fraction of sp³-hybridized carbons (Fsp3) is 0.417. The molecule has 0 spiro atoms. The molecule has 0 saturated carbocycles. The Morgan fingerprint density at radius 2 is 1.94 bits per heavy atom. The van der Waals surface area contributed by atoms with Gasteiger partial charge in [-0.3, -0.25) is 4.79 Å². The van der Waals surface area contributed by atoms with Gasteiger partial charge in [0.2, 0.25) is 5.91 Å². The van der Waals surface area contributed by atoms with Gasteiger partial charge >= 0.3 is 0 Å². The van der Waals surface area contributed by atoms with E-state index >= 15 is 0 Å². The molecule has 3 N–H and O–H groups in total. The topological polar surface area (TPSA) is 55.1 Å². The van der Waals surface area contributed by atoms with Crippen molar-refractivity contribution in [2.24, 2.45) is 5.73 Å². The average Bonchev–Trinajstić information content (AvgIpc) is 2.21. The zero-order valence-electron chi connectivity index (χ0n) is 9.53. The number of halogens is 1. The van der Waals surface area contributed by atoms with E-state index in [4.69, 9.17) is 5.73 Å². The molecule has 1 amide bonds. The summed E-state index contributed by atoms with van der Waals surface area (Å²) in [5.74, 6) is -0.425. The first-order valence-corrected chi connectivity index (χ1v) is 5.29. The third kappa shape index (κ3) is 3.98. The Morgan fingerprint density at radius 1 is 1.38 bits per heavy atom. The maximum absolute atomic E-state index is 12.7. The van der Waals surface area contributed by atoms with Crippen molar-refractivity contribution in [2.45, 2.75) is 32.4 Å². The number of hydrogen-bond donors (Lipinski definition) is 2. The number of nitrogens with one attached hydrogen (secondary N) is 1. The normalized spacial score (nSPS) is 14.2. The summed E-state index contributed by atoms with van der Waals surface area (Å²) in [4.78, 5) is 11.3. The van der Waals surface area contributed by atoms with E-state index in [0.717, 1.165) is 5.56 Å². The highest BCUT2D eigenvalue weighted by Crippen LogP contribution is 2.05. The molecular weight excluding hydrogens is 207 g/mol. The number of rotatable bonds is 4. The van der Waals surface area contributed by atoms with Crippen molar-refractivity contribution in [3.63, 3.8) is 0 Å². The van der Waals surface area contributed by atoms with Crippen LogP contribution in [-0.4, -0.2) is 18.0 Å². The predicted octanol–water partition coefficient (Wildman–Crippen LogP) is 1.22. The first-order chi connectivity index (χ1) is 7.49. The second kappa shape index (κ2) is 5.61. The van der Waals surface area contributed by atoms with Crippen LogP contribution in [0.5, 0.6) is 0 Å². The molecule has 0 aliphatic heterocycles. The quantitative estimate of drug-likeness (QED) is 0.808. The van der Waals surface area contributed by atoms with E-state index in [1.807, 2.05) is 6.92 Å². The monoisotopic (exact) mass is 224 g/mol. The molecule has 0 bridgehead atoms. The Balaban J connectivity index is 2.48. The number of carbonyl (C=O) groups is 1. The van der Waals surface area contributed by atoms with Crippen molar-refractivity contribution >= 4 is 5.91 Å². The van der Waals surface area contributed by atoms with Crippen LogP contribution in [0.4, 0.5) is 4.39 Å². The van der Waals surface area contributed by atoms with Crippen molar-refractivity contribution in [1.82, 2.24) is 5.32 Å². The van der Waals surface area contributed by atoms with Crippen LogP contribution < -0.4 is 11.1 Å². The van der Waals surface area contributed by atoms with Gasteiger partial charge in [-0.05, 0) is 38.0 Å². The summed E-state index contributed by atoms with van der Waals surface area (Å²) in [5.41, 5.74) is 6.42. The van der Waals surface area contributed by atoms with E-state index < -0.39 is 6.04 Å². The molecule has 0 aromatic heterocycles. The Morgan fingerprint density at radius 3 is 2.44 bits per heavy atom. The van der Waals surface area contributed by atoms with Crippen LogP contribution >= 0.6 is 0 Å². The summed E-state index contributed by atoms with van der Waals surface area (Å²) in [5, 5.41) is 2.78. The van der Waals surface area contributed by atoms with Crippen LogP contribution in [0.2, 0.25) is 0 Å². The van der Waals surface area contributed by atoms with Gasteiger partial charge in [-0.2, -0.15) is 0 Å². The van der Waals surface area contributed by atoms with Crippen molar-refractivity contribution < 1.29 is 9.18 Å². The fourth-order valence-electron chi connectivity index (χ4n) is 1.40. The smallest absolute Gasteiger partial charge is 0.236 e. The molecule has 3 nitrogen and oxygen atoms in total. The molecule has 0 radical (unpaired) electrons. The Kier molecular flexibility index (Phi) is 4.43. The zero-order chi connectivity index (χ0) is 12.1. The van der Waals surface area contributed by atoms with Crippen LogP contribution in [-0.2, 0) is 11.2 Å². The largest absolute Gasteiger partial charge is 0.352 e. The maximum Gasteiger partial charge on any atom is 0.236 e. The molecule has 16 heavy (non-hydrogen) atoms. The van der Waals surface area contributed by atoms with Crippen LogP contribution in [0.25, 0.3) is 0 Å². The molecule has 2 unspecified atom stereocenters. The molecule has 0 aliphatic carbocycles. The van der Waals surface area contributed by atoms with Crippen LogP contribution in [0.15, 0.2) is 24.3 Å². The summed E-state index contributed by atoms with van der Waals surface area (Å²) in [7, 11) is 0. The van der Waals surface area contributed by atoms with Gasteiger partial charge in [0.25, 0.3) is 0 Å². The second-order valence-electron chi connectivity index (χ2n) is 4.03. The molecule has 0 heterocycles. The maximum atomic E-state index is 12.7. The van der Waals surface area contributed by atoms with Gasteiger partial charge < -0.3 is 11.1 Å². The SMILES string of the molecule is CC(Cc1ccc(F)cc1)NC(=O)C(C)N. The average molecular weight is 224 g/mol. The van der Waals surface area contributed by atoms with E-state index in [9.17, 15) is 9.18 Å². The number of hydrogen-bond acceptors (Lipinski definition) is 2. The minimum Gasteiger partial charge on any atom is -0.352 e. The van der Waals surface area contributed by atoms with Gasteiger partial charge in [0.05, 0.1) is 6.04 Å². The molecule has 0 saturated heterocycles. The van der Waals surface area contributed by atoms with Crippen molar-refractivity contribution in [1.29, 1.82) is 0 Å². The Bertz CT molecular complexity index is 349. The van der Waals surface area contributed by atoms with Crippen LogP contribution in [0.1, 0.15) is 19.4 Å². The van der Waals surface area contributed by atoms with Gasteiger partial charge in [0.15, 0.2) is 0 Å². The number of amides is 1. The van der Waals surface area contributed by atoms with E-state index in [2.05, 4.69) is 5.32 Å². The van der Waals surface area contributed by atoms with Gasteiger partial charge in [0.1, 0.15) is 5.82 Å². The first kappa shape index (κ1) is 12.6. The molecule has 0 aliphatic rings. The highest BCUT2D eigenvalue weighted by molar-refractivity contribution is 5.81. The molecule has 4 heteroatoms. The highest BCUT2D eigenvalue weighted by Gasteiger charge is 2.11. The number of carbonyl (C=O) groups excluding carboxylic acids is 1. The van der Waals surface area contributed by atoms with Gasteiger partial charge in [-0.25, -0.2) is 4.39 Å². The third-order valence-corrected chi connectivity index (χ3v) is 2.26. The third-order valence-electron chi connectivity index (χ3n) is 2.26. The second-order valence-corrected chi connectivity index (χ2v) is 4.03.